The van der Waals surface area contributed by atoms with Crippen molar-refractivity contribution in [3.05, 3.63) is 11.6 Å². The zero-order valence-corrected chi connectivity index (χ0v) is 9.52. The lowest BCUT2D eigenvalue weighted by Gasteiger charge is -2.00. The van der Waals surface area contributed by atoms with Gasteiger partial charge in [-0.25, -0.2) is 4.98 Å². The molecule has 1 aliphatic carbocycles. The molecule has 1 saturated carbocycles. The van der Waals surface area contributed by atoms with E-state index in [1.165, 1.54) is 7.11 Å². The average molecular weight is 238 g/mol. The fourth-order valence-corrected chi connectivity index (χ4v) is 1.37. The highest BCUT2D eigenvalue weighted by Gasteiger charge is 2.28. The molecule has 2 rings (SSSR count). The van der Waals surface area contributed by atoms with Gasteiger partial charge in [-0.05, 0) is 12.8 Å². The third-order valence-corrected chi connectivity index (χ3v) is 2.51. The van der Waals surface area contributed by atoms with Gasteiger partial charge in [-0.1, -0.05) is 0 Å². The fraction of sp³-hybridized carbons (Fsp3) is 0.600. The number of nitrogens with zero attached hydrogens (tertiary/aromatic N) is 2. The highest BCUT2D eigenvalue weighted by Crippen LogP contribution is 2.37. The third kappa shape index (κ3) is 3.02. The largest absolute Gasteiger partial charge is 0.469 e. The van der Waals surface area contributed by atoms with E-state index in [1.807, 2.05) is 0 Å². The fourth-order valence-electron chi connectivity index (χ4n) is 1.37. The first-order valence-electron chi connectivity index (χ1n) is 5.48. The molecule has 1 aromatic rings. The lowest BCUT2D eigenvalue weighted by molar-refractivity contribution is -0.140. The summed E-state index contributed by atoms with van der Waals surface area (Å²) in [6.45, 7) is 0.221. The van der Waals surface area contributed by atoms with Gasteiger partial charge < -0.3 is 10.1 Å². The van der Waals surface area contributed by atoms with Gasteiger partial charge in [0, 0.05) is 12.5 Å². The van der Waals surface area contributed by atoms with Gasteiger partial charge in [0.1, 0.15) is 5.82 Å². The maximum absolute atomic E-state index is 11.6. The summed E-state index contributed by atoms with van der Waals surface area (Å²) in [5, 5.41) is 9.13. The summed E-state index contributed by atoms with van der Waals surface area (Å²) in [5.41, 5.74) is 0. The molecule has 0 radical (unpaired) electrons. The molecule has 1 fully saturated rings. The number of aromatic nitrogens is 3. The normalized spacial score (nSPS) is 14.4. The number of carbonyl (C=O) groups is 2. The van der Waals surface area contributed by atoms with Gasteiger partial charge in [0.2, 0.25) is 5.82 Å². The van der Waals surface area contributed by atoms with Crippen LogP contribution in [0.25, 0.3) is 0 Å². The predicted octanol–water partition coefficient (Wildman–Crippen LogP) is -0.0250. The Balaban J connectivity index is 1.80. The summed E-state index contributed by atoms with van der Waals surface area (Å²) in [6, 6.07) is 0. The molecule has 0 aliphatic heterocycles. The van der Waals surface area contributed by atoms with Crippen LogP contribution in [0.4, 0.5) is 0 Å². The Morgan fingerprint density at radius 3 is 2.94 bits per heavy atom. The SMILES string of the molecule is COC(=O)CCNC(=O)c1n[nH]c(C2CC2)n1. The molecule has 0 aromatic carbocycles. The second-order valence-corrected chi connectivity index (χ2v) is 3.90. The number of amides is 1. The van der Waals surface area contributed by atoms with E-state index in [2.05, 4.69) is 25.2 Å². The van der Waals surface area contributed by atoms with Crippen molar-refractivity contribution in [1.29, 1.82) is 0 Å². The molecule has 1 aliphatic rings. The molecule has 1 heterocycles. The van der Waals surface area contributed by atoms with Crippen molar-refractivity contribution in [2.75, 3.05) is 13.7 Å². The number of esters is 1. The van der Waals surface area contributed by atoms with Gasteiger partial charge in [-0.15, -0.1) is 5.10 Å². The van der Waals surface area contributed by atoms with Gasteiger partial charge in [0.05, 0.1) is 13.5 Å². The molecule has 17 heavy (non-hydrogen) atoms. The van der Waals surface area contributed by atoms with Crippen LogP contribution in [0.1, 0.15) is 41.6 Å². The van der Waals surface area contributed by atoms with Crippen LogP contribution in [-0.4, -0.2) is 40.7 Å². The number of methoxy groups -OCH3 is 1. The first-order valence-corrected chi connectivity index (χ1v) is 5.48. The average Bonchev–Trinajstić information content (AvgIpc) is 3.06. The number of hydrogen-bond acceptors (Lipinski definition) is 5. The van der Waals surface area contributed by atoms with E-state index >= 15 is 0 Å². The molecular formula is C10H14N4O3. The highest BCUT2D eigenvalue weighted by molar-refractivity contribution is 5.90. The number of nitrogens with one attached hydrogen (secondary N) is 2. The number of rotatable bonds is 5. The van der Waals surface area contributed by atoms with E-state index in [0.29, 0.717) is 5.92 Å². The Kier molecular flexibility index (Phi) is 3.36. The minimum absolute atomic E-state index is 0.122. The second-order valence-electron chi connectivity index (χ2n) is 3.90. The number of H-pyrrole nitrogens is 1. The zero-order valence-electron chi connectivity index (χ0n) is 9.52. The monoisotopic (exact) mass is 238 g/mol. The highest BCUT2D eigenvalue weighted by atomic mass is 16.5. The number of aromatic amines is 1. The van der Waals surface area contributed by atoms with E-state index in [1.54, 1.807) is 0 Å². The molecule has 7 heteroatoms. The van der Waals surface area contributed by atoms with Crippen LogP contribution in [0, 0.1) is 0 Å². The van der Waals surface area contributed by atoms with Crippen LogP contribution >= 0.6 is 0 Å². The summed E-state index contributed by atoms with van der Waals surface area (Å²) in [7, 11) is 1.31. The molecule has 92 valence electrons. The molecule has 0 atom stereocenters. The van der Waals surface area contributed by atoms with Crippen molar-refractivity contribution in [3.8, 4) is 0 Å². The van der Waals surface area contributed by atoms with Crippen LogP contribution in [0.5, 0.6) is 0 Å². The van der Waals surface area contributed by atoms with E-state index in [0.717, 1.165) is 18.7 Å². The van der Waals surface area contributed by atoms with Gasteiger partial charge in [0.15, 0.2) is 0 Å². The lowest BCUT2D eigenvalue weighted by Crippen LogP contribution is -2.27. The van der Waals surface area contributed by atoms with Crippen molar-refractivity contribution in [1.82, 2.24) is 20.5 Å². The number of carbonyl (C=O) groups excluding carboxylic acids is 2. The van der Waals surface area contributed by atoms with E-state index in [9.17, 15) is 9.59 Å². The van der Waals surface area contributed by atoms with Gasteiger partial charge in [0.25, 0.3) is 5.91 Å². The Morgan fingerprint density at radius 1 is 1.53 bits per heavy atom. The second kappa shape index (κ2) is 4.94. The Morgan fingerprint density at radius 2 is 2.29 bits per heavy atom. The van der Waals surface area contributed by atoms with Crippen molar-refractivity contribution in [3.63, 3.8) is 0 Å². The van der Waals surface area contributed by atoms with Crippen LogP contribution in [0.3, 0.4) is 0 Å². The minimum atomic E-state index is -0.378. The molecule has 0 bridgehead atoms. The minimum Gasteiger partial charge on any atom is -0.469 e. The van der Waals surface area contributed by atoms with Gasteiger partial charge in [-0.3, -0.25) is 14.7 Å². The van der Waals surface area contributed by atoms with Crippen molar-refractivity contribution in [2.45, 2.75) is 25.2 Å². The van der Waals surface area contributed by atoms with Crippen LogP contribution < -0.4 is 5.32 Å². The maximum Gasteiger partial charge on any atom is 0.307 e. The summed E-state index contributed by atoms with van der Waals surface area (Å²) in [4.78, 5) is 26.5. The maximum atomic E-state index is 11.6. The summed E-state index contributed by atoms with van der Waals surface area (Å²) in [6.07, 6.45) is 2.33. The van der Waals surface area contributed by atoms with Crippen LogP contribution in [0.2, 0.25) is 0 Å². The van der Waals surface area contributed by atoms with Gasteiger partial charge in [-0.2, -0.15) is 0 Å². The standard InChI is InChI=1S/C10H14N4O3/c1-17-7(15)4-5-11-10(16)9-12-8(13-14-9)6-2-3-6/h6H,2-5H2,1H3,(H,11,16)(H,12,13,14). The molecule has 0 unspecified atom stereocenters. The summed E-state index contributed by atoms with van der Waals surface area (Å²) in [5.74, 6) is 0.579. The Labute approximate surface area is 97.9 Å². The third-order valence-electron chi connectivity index (χ3n) is 2.51. The predicted molar refractivity (Wildman–Crippen MR) is 57.3 cm³/mol. The smallest absolute Gasteiger partial charge is 0.307 e. The van der Waals surface area contributed by atoms with Crippen LogP contribution in [-0.2, 0) is 9.53 Å². The van der Waals surface area contributed by atoms with Crippen molar-refractivity contribution in [2.24, 2.45) is 0 Å². The number of ether oxygens (including phenoxy) is 1. The molecule has 1 aromatic heterocycles. The first-order chi connectivity index (χ1) is 8.20. The summed E-state index contributed by atoms with van der Waals surface area (Å²) < 4.78 is 4.45. The van der Waals surface area contributed by atoms with E-state index in [-0.39, 0.29) is 30.7 Å². The van der Waals surface area contributed by atoms with Crippen molar-refractivity contribution < 1.29 is 14.3 Å². The van der Waals surface area contributed by atoms with E-state index in [4.69, 9.17) is 0 Å². The number of hydrogen-bond donors (Lipinski definition) is 2. The topological polar surface area (TPSA) is 97.0 Å². The molecular weight excluding hydrogens is 224 g/mol. The Hall–Kier alpha value is -1.92. The lowest BCUT2D eigenvalue weighted by atomic mass is 10.4. The quantitative estimate of drug-likeness (QED) is 0.702. The molecule has 0 spiro atoms. The molecule has 0 saturated heterocycles. The van der Waals surface area contributed by atoms with Gasteiger partial charge >= 0.3 is 5.97 Å². The molecule has 1 amide bonds. The first kappa shape index (κ1) is 11.6. The Bertz CT molecular complexity index is 425. The van der Waals surface area contributed by atoms with E-state index < -0.39 is 0 Å². The van der Waals surface area contributed by atoms with Crippen LogP contribution in [0.15, 0.2) is 0 Å². The molecule has 7 nitrogen and oxygen atoms in total. The summed E-state index contributed by atoms with van der Waals surface area (Å²) >= 11 is 0. The van der Waals surface area contributed by atoms with Crippen molar-refractivity contribution >= 4 is 11.9 Å². The zero-order chi connectivity index (χ0) is 12.3. The molecule has 2 N–H and O–H groups in total.